The number of amides is 1. The van der Waals surface area contributed by atoms with Gasteiger partial charge in [0.25, 0.3) is 5.91 Å². The van der Waals surface area contributed by atoms with Crippen molar-refractivity contribution in [2.45, 2.75) is 26.5 Å². The molecule has 3 aromatic rings. The summed E-state index contributed by atoms with van der Waals surface area (Å²) in [6, 6.07) is 14.3. The fraction of sp³-hybridized carbons (Fsp3) is 0.304. The minimum Gasteiger partial charge on any atom is -0.370 e. The van der Waals surface area contributed by atoms with E-state index < -0.39 is 0 Å². The molecule has 0 aliphatic carbocycles. The SMILES string of the molecule is Cc1ccc(Cn2nc(C)c(C(=O)N3CCOC(c4ccc(F)cc4)C3)c2Cl)cc1. The molecule has 4 rings (SSSR count). The quantitative estimate of drug-likeness (QED) is 0.613. The molecule has 1 fully saturated rings. The highest BCUT2D eigenvalue weighted by molar-refractivity contribution is 6.33. The van der Waals surface area contributed by atoms with Gasteiger partial charge in [-0.05, 0) is 37.1 Å². The largest absolute Gasteiger partial charge is 0.370 e. The van der Waals surface area contributed by atoms with Gasteiger partial charge < -0.3 is 9.64 Å². The second-order valence-electron chi connectivity index (χ2n) is 7.56. The molecular formula is C23H23ClFN3O2. The maximum atomic E-state index is 13.3. The first kappa shape index (κ1) is 20.6. The lowest BCUT2D eigenvalue weighted by molar-refractivity contribution is -0.0228. The summed E-state index contributed by atoms with van der Waals surface area (Å²) in [6.45, 7) is 5.57. The minimum atomic E-state index is -0.301. The molecule has 7 heteroatoms. The molecule has 0 N–H and O–H groups in total. The average molecular weight is 428 g/mol. The zero-order chi connectivity index (χ0) is 21.3. The van der Waals surface area contributed by atoms with Gasteiger partial charge in [0.1, 0.15) is 17.1 Å². The molecule has 30 heavy (non-hydrogen) atoms. The lowest BCUT2D eigenvalue weighted by Crippen LogP contribution is -2.42. The predicted octanol–water partition coefficient (Wildman–Crippen LogP) is 4.55. The number of nitrogens with zero attached hydrogens (tertiary/aromatic N) is 3. The Morgan fingerprint density at radius 3 is 2.57 bits per heavy atom. The third-order valence-electron chi connectivity index (χ3n) is 5.33. The fourth-order valence-corrected chi connectivity index (χ4v) is 3.95. The third-order valence-corrected chi connectivity index (χ3v) is 5.71. The van der Waals surface area contributed by atoms with Crippen molar-refractivity contribution in [3.05, 3.63) is 87.4 Å². The smallest absolute Gasteiger partial charge is 0.259 e. The molecule has 5 nitrogen and oxygen atoms in total. The van der Waals surface area contributed by atoms with Gasteiger partial charge in [0, 0.05) is 6.54 Å². The van der Waals surface area contributed by atoms with E-state index in [-0.39, 0.29) is 17.8 Å². The molecule has 1 saturated heterocycles. The maximum Gasteiger partial charge on any atom is 0.259 e. The maximum absolute atomic E-state index is 13.3. The number of hydrogen-bond acceptors (Lipinski definition) is 3. The molecule has 0 bridgehead atoms. The highest BCUT2D eigenvalue weighted by Crippen LogP contribution is 2.27. The zero-order valence-corrected chi connectivity index (χ0v) is 17.7. The molecule has 1 aliphatic rings. The van der Waals surface area contributed by atoms with E-state index >= 15 is 0 Å². The number of aromatic nitrogens is 2. The standard InChI is InChI=1S/C23H23ClFN3O2/c1-15-3-5-17(6-4-15)13-28-22(24)21(16(2)26-28)23(29)27-11-12-30-20(14-27)18-7-9-19(25)10-8-18/h3-10,20H,11-14H2,1-2H3. The van der Waals surface area contributed by atoms with Crippen LogP contribution in [0.3, 0.4) is 0 Å². The van der Waals surface area contributed by atoms with Crippen LogP contribution in [0.1, 0.15) is 38.8 Å². The zero-order valence-electron chi connectivity index (χ0n) is 16.9. The lowest BCUT2D eigenvalue weighted by atomic mass is 10.1. The number of carbonyl (C=O) groups is 1. The van der Waals surface area contributed by atoms with E-state index in [1.807, 2.05) is 31.2 Å². The number of rotatable bonds is 4. The van der Waals surface area contributed by atoms with E-state index in [0.717, 1.165) is 11.1 Å². The van der Waals surface area contributed by atoms with Gasteiger partial charge in [-0.15, -0.1) is 0 Å². The van der Waals surface area contributed by atoms with E-state index in [1.54, 1.807) is 28.6 Å². The Morgan fingerprint density at radius 2 is 1.87 bits per heavy atom. The number of halogens is 2. The summed E-state index contributed by atoms with van der Waals surface area (Å²) in [5, 5.41) is 4.83. The van der Waals surface area contributed by atoms with Crippen LogP contribution < -0.4 is 0 Å². The number of morpholine rings is 1. The topological polar surface area (TPSA) is 47.4 Å². The van der Waals surface area contributed by atoms with Crippen molar-refractivity contribution in [3.63, 3.8) is 0 Å². The molecule has 2 aromatic carbocycles. The first-order chi connectivity index (χ1) is 14.4. The average Bonchev–Trinajstić information content (AvgIpc) is 3.02. The number of aryl methyl sites for hydroxylation is 2. The van der Waals surface area contributed by atoms with Crippen LogP contribution in [0.25, 0.3) is 0 Å². The molecule has 1 amide bonds. The van der Waals surface area contributed by atoms with Gasteiger partial charge in [-0.2, -0.15) is 5.10 Å². The van der Waals surface area contributed by atoms with Crippen LogP contribution in [-0.2, 0) is 11.3 Å². The normalized spacial score (nSPS) is 16.7. The van der Waals surface area contributed by atoms with Gasteiger partial charge in [0.2, 0.25) is 0 Å². The number of hydrogen-bond donors (Lipinski definition) is 0. The van der Waals surface area contributed by atoms with Gasteiger partial charge in [0.05, 0.1) is 31.0 Å². The summed E-state index contributed by atoms with van der Waals surface area (Å²) >= 11 is 6.58. The van der Waals surface area contributed by atoms with Gasteiger partial charge in [0.15, 0.2) is 0 Å². The van der Waals surface area contributed by atoms with Crippen LogP contribution in [0, 0.1) is 19.7 Å². The number of ether oxygens (including phenoxy) is 1. The van der Waals surface area contributed by atoms with E-state index in [0.29, 0.717) is 42.7 Å². The van der Waals surface area contributed by atoms with Gasteiger partial charge in [-0.1, -0.05) is 53.6 Å². The molecule has 156 valence electrons. The van der Waals surface area contributed by atoms with Gasteiger partial charge in [-0.25, -0.2) is 9.07 Å². The Balaban J connectivity index is 1.53. The van der Waals surface area contributed by atoms with Crippen molar-refractivity contribution in [3.8, 4) is 0 Å². The van der Waals surface area contributed by atoms with Crippen LogP contribution >= 0.6 is 11.6 Å². The molecule has 1 aromatic heterocycles. The minimum absolute atomic E-state index is 0.164. The summed E-state index contributed by atoms with van der Waals surface area (Å²) in [5.41, 5.74) is 4.10. The molecule has 0 saturated carbocycles. The summed E-state index contributed by atoms with van der Waals surface area (Å²) in [7, 11) is 0. The number of carbonyl (C=O) groups excluding carboxylic acids is 1. The molecule has 2 heterocycles. The fourth-order valence-electron chi connectivity index (χ4n) is 3.64. The molecule has 0 spiro atoms. The number of benzene rings is 2. The summed E-state index contributed by atoms with van der Waals surface area (Å²) < 4.78 is 20.7. The van der Waals surface area contributed by atoms with E-state index in [4.69, 9.17) is 16.3 Å². The van der Waals surface area contributed by atoms with Crippen LogP contribution in [0.4, 0.5) is 4.39 Å². The Morgan fingerprint density at radius 1 is 1.17 bits per heavy atom. The van der Waals surface area contributed by atoms with E-state index in [1.165, 1.54) is 17.7 Å². The van der Waals surface area contributed by atoms with Gasteiger partial charge in [-0.3, -0.25) is 4.79 Å². The van der Waals surface area contributed by atoms with Gasteiger partial charge >= 0.3 is 0 Å². The highest BCUT2D eigenvalue weighted by atomic mass is 35.5. The highest BCUT2D eigenvalue weighted by Gasteiger charge is 2.30. The Labute approximate surface area is 180 Å². The van der Waals surface area contributed by atoms with Crippen molar-refractivity contribution >= 4 is 17.5 Å². The molecule has 1 atom stereocenters. The van der Waals surface area contributed by atoms with Crippen molar-refractivity contribution in [1.82, 2.24) is 14.7 Å². The Kier molecular flexibility index (Phi) is 5.88. The second-order valence-corrected chi connectivity index (χ2v) is 7.91. The van der Waals surface area contributed by atoms with Crippen molar-refractivity contribution in [2.24, 2.45) is 0 Å². The van der Waals surface area contributed by atoms with E-state index in [9.17, 15) is 9.18 Å². The van der Waals surface area contributed by atoms with Crippen molar-refractivity contribution in [2.75, 3.05) is 19.7 Å². The summed E-state index contributed by atoms with van der Waals surface area (Å²) in [5.74, 6) is -0.464. The molecule has 1 unspecified atom stereocenters. The molecule has 0 radical (unpaired) electrons. The second kappa shape index (κ2) is 8.58. The van der Waals surface area contributed by atoms with Crippen LogP contribution in [0.15, 0.2) is 48.5 Å². The van der Waals surface area contributed by atoms with Crippen molar-refractivity contribution in [1.29, 1.82) is 0 Å². The van der Waals surface area contributed by atoms with Crippen molar-refractivity contribution < 1.29 is 13.9 Å². The predicted molar refractivity (Wildman–Crippen MR) is 113 cm³/mol. The van der Waals surface area contributed by atoms with Crippen LogP contribution in [0.2, 0.25) is 5.15 Å². The monoisotopic (exact) mass is 427 g/mol. The third kappa shape index (κ3) is 4.25. The first-order valence-corrected chi connectivity index (χ1v) is 10.2. The Hall–Kier alpha value is -2.70. The lowest BCUT2D eigenvalue weighted by Gasteiger charge is -2.33. The Bertz CT molecular complexity index is 1050. The van der Waals surface area contributed by atoms with E-state index in [2.05, 4.69) is 5.10 Å². The van der Waals surface area contributed by atoms with Crippen LogP contribution in [-0.4, -0.2) is 40.3 Å². The molecule has 1 aliphatic heterocycles. The molecular weight excluding hydrogens is 405 g/mol. The summed E-state index contributed by atoms with van der Waals surface area (Å²) in [6.07, 6.45) is -0.301. The summed E-state index contributed by atoms with van der Waals surface area (Å²) in [4.78, 5) is 15.0. The first-order valence-electron chi connectivity index (χ1n) is 9.87. The van der Waals surface area contributed by atoms with Crippen LogP contribution in [0.5, 0.6) is 0 Å².